The van der Waals surface area contributed by atoms with E-state index in [0.717, 1.165) is 23.3 Å². The van der Waals surface area contributed by atoms with Gasteiger partial charge in [0.25, 0.3) is 5.91 Å². The van der Waals surface area contributed by atoms with Crippen molar-refractivity contribution in [2.24, 2.45) is 0 Å². The van der Waals surface area contributed by atoms with E-state index in [-0.39, 0.29) is 23.2 Å². The molecule has 0 aliphatic carbocycles. The summed E-state index contributed by atoms with van der Waals surface area (Å²) in [5.74, 6) is -0.893. The van der Waals surface area contributed by atoms with Crippen LogP contribution < -0.4 is 4.74 Å². The number of carbonyl (C=O) groups is 1. The lowest BCUT2D eigenvalue weighted by Crippen LogP contribution is -2.55. The first kappa shape index (κ1) is 24.7. The van der Waals surface area contributed by atoms with Crippen molar-refractivity contribution in [3.05, 3.63) is 95.1 Å². The highest BCUT2D eigenvalue weighted by molar-refractivity contribution is 5.95. The second kappa shape index (κ2) is 10.4. The fourth-order valence-corrected chi connectivity index (χ4v) is 4.32. The minimum Gasteiger partial charge on any atom is -0.497 e. The number of alkyl halides is 3. The van der Waals surface area contributed by atoms with Gasteiger partial charge in [0.05, 0.1) is 12.7 Å². The molecule has 1 saturated heterocycles. The predicted octanol–water partition coefficient (Wildman–Crippen LogP) is 4.82. The first-order valence-electron chi connectivity index (χ1n) is 11.2. The Labute approximate surface area is 201 Å². The lowest BCUT2D eigenvalue weighted by atomic mass is 9.99. The maximum absolute atomic E-state index is 13.5. The summed E-state index contributed by atoms with van der Waals surface area (Å²) in [4.78, 5) is 21.4. The number of carbonyl (C=O) groups excluding carboxylic acids is 1. The standard InChI is InChI=1S/C26H25F4N3O2/c1-35-24-13-20(12-21(14-24)26(28,29)30)25(34)33-10-9-32(16-19-3-2-8-31-15-19)17-23(33)11-18-4-6-22(27)7-5-18/h2-8,12-15,23H,9-11,16-17H2,1H3/t23-/m1/s1. The van der Waals surface area contributed by atoms with Gasteiger partial charge in [-0.2, -0.15) is 13.2 Å². The van der Waals surface area contributed by atoms with Gasteiger partial charge in [-0.3, -0.25) is 14.7 Å². The highest BCUT2D eigenvalue weighted by Gasteiger charge is 2.35. The fraction of sp³-hybridized carbons (Fsp3) is 0.308. The van der Waals surface area contributed by atoms with Gasteiger partial charge < -0.3 is 9.64 Å². The molecule has 0 bridgehead atoms. The van der Waals surface area contributed by atoms with E-state index >= 15 is 0 Å². The van der Waals surface area contributed by atoms with Gasteiger partial charge in [-0.05, 0) is 53.9 Å². The van der Waals surface area contributed by atoms with Crippen molar-refractivity contribution in [3.8, 4) is 5.75 Å². The molecule has 184 valence electrons. The van der Waals surface area contributed by atoms with Crippen LogP contribution in [-0.2, 0) is 19.1 Å². The lowest BCUT2D eigenvalue weighted by molar-refractivity contribution is -0.137. The summed E-state index contributed by atoms with van der Waals surface area (Å²) in [5.41, 5.74) is 0.835. The summed E-state index contributed by atoms with van der Waals surface area (Å²) >= 11 is 0. The topological polar surface area (TPSA) is 45.7 Å². The molecule has 0 N–H and O–H groups in total. The average Bonchev–Trinajstić information content (AvgIpc) is 2.85. The van der Waals surface area contributed by atoms with Crippen LogP contribution in [0.4, 0.5) is 17.6 Å². The molecule has 1 aromatic heterocycles. The van der Waals surface area contributed by atoms with Crippen LogP contribution in [0.1, 0.15) is 27.0 Å². The number of methoxy groups -OCH3 is 1. The van der Waals surface area contributed by atoms with Crippen molar-refractivity contribution in [3.63, 3.8) is 0 Å². The van der Waals surface area contributed by atoms with Gasteiger partial charge in [0, 0.05) is 50.2 Å². The molecule has 4 rings (SSSR count). The summed E-state index contributed by atoms with van der Waals surface area (Å²) in [6.45, 7) is 2.03. The van der Waals surface area contributed by atoms with E-state index in [9.17, 15) is 22.4 Å². The Morgan fingerprint density at radius 3 is 2.51 bits per heavy atom. The zero-order chi connectivity index (χ0) is 25.0. The van der Waals surface area contributed by atoms with Crippen LogP contribution in [0.3, 0.4) is 0 Å². The molecule has 2 heterocycles. The van der Waals surface area contributed by atoms with Crippen LogP contribution in [0.2, 0.25) is 0 Å². The first-order chi connectivity index (χ1) is 16.7. The quantitative estimate of drug-likeness (QED) is 0.468. The van der Waals surface area contributed by atoms with Crippen molar-refractivity contribution < 1.29 is 27.1 Å². The molecule has 1 amide bonds. The van der Waals surface area contributed by atoms with Crippen LogP contribution in [0, 0.1) is 5.82 Å². The highest BCUT2D eigenvalue weighted by Crippen LogP contribution is 2.33. The molecule has 1 aliphatic rings. The number of rotatable bonds is 6. The number of hydrogen-bond acceptors (Lipinski definition) is 4. The fourth-order valence-electron chi connectivity index (χ4n) is 4.32. The largest absolute Gasteiger partial charge is 0.497 e. The average molecular weight is 487 g/mol. The number of piperazine rings is 1. The molecule has 2 aromatic carbocycles. The van der Waals surface area contributed by atoms with Gasteiger partial charge in [-0.1, -0.05) is 18.2 Å². The van der Waals surface area contributed by atoms with Crippen molar-refractivity contribution in [2.75, 3.05) is 26.7 Å². The predicted molar refractivity (Wildman–Crippen MR) is 122 cm³/mol. The number of amides is 1. The summed E-state index contributed by atoms with van der Waals surface area (Å²) < 4.78 is 58.7. The van der Waals surface area contributed by atoms with E-state index < -0.39 is 17.6 Å². The molecule has 1 fully saturated rings. The van der Waals surface area contributed by atoms with Gasteiger partial charge >= 0.3 is 6.18 Å². The number of hydrogen-bond donors (Lipinski definition) is 0. The lowest BCUT2D eigenvalue weighted by Gasteiger charge is -2.42. The van der Waals surface area contributed by atoms with Gasteiger partial charge in [0.15, 0.2) is 0 Å². The molecule has 35 heavy (non-hydrogen) atoms. The van der Waals surface area contributed by atoms with Crippen molar-refractivity contribution >= 4 is 5.91 Å². The molecule has 0 spiro atoms. The molecule has 3 aromatic rings. The SMILES string of the molecule is COc1cc(C(=O)N2CCN(Cc3cccnc3)C[C@H]2Cc2ccc(F)cc2)cc(C(F)(F)F)c1. The number of pyridine rings is 1. The molecule has 5 nitrogen and oxygen atoms in total. The van der Waals surface area contributed by atoms with E-state index in [1.165, 1.54) is 25.3 Å². The smallest absolute Gasteiger partial charge is 0.416 e. The number of halogens is 4. The summed E-state index contributed by atoms with van der Waals surface area (Å²) in [5, 5.41) is 0. The molecular formula is C26H25F4N3O2. The van der Waals surface area contributed by atoms with Crippen LogP contribution in [0.5, 0.6) is 5.75 Å². The molecule has 0 unspecified atom stereocenters. The normalized spacial score (nSPS) is 16.8. The molecular weight excluding hydrogens is 462 g/mol. The monoisotopic (exact) mass is 487 g/mol. The third kappa shape index (κ3) is 6.16. The second-order valence-electron chi connectivity index (χ2n) is 8.53. The summed E-state index contributed by atoms with van der Waals surface area (Å²) in [6, 6.07) is 12.6. The zero-order valence-electron chi connectivity index (χ0n) is 19.1. The third-order valence-electron chi connectivity index (χ3n) is 6.06. The Bertz CT molecular complexity index is 1150. The van der Waals surface area contributed by atoms with E-state index in [1.807, 2.05) is 12.1 Å². The van der Waals surface area contributed by atoms with Crippen molar-refractivity contribution in [2.45, 2.75) is 25.2 Å². The van der Waals surface area contributed by atoms with Crippen LogP contribution in [0.15, 0.2) is 67.0 Å². The second-order valence-corrected chi connectivity index (χ2v) is 8.53. The van der Waals surface area contributed by atoms with Gasteiger partial charge in [-0.15, -0.1) is 0 Å². The minimum absolute atomic E-state index is 0.0338. The molecule has 9 heteroatoms. The Morgan fingerprint density at radius 1 is 1.09 bits per heavy atom. The van der Waals surface area contributed by atoms with Gasteiger partial charge in [0.2, 0.25) is 0 Å². The van der Waals surface area contributed by atoms with E-state index in [4.69, 9.17) is 4.74 Å². The maximum Gasteiger partial charge on any atom is 0.416 e. The van der Waals surface area contributed by atoms with E-state index in [1.54, 1.807) is 29.4 Å². The molecule has 1 atom stereocenters. The number of aromatic nitrogens is 1. The number of ether oxygens (including phenoxy) is 1. The molecule has 0 radical (unpaired) electrons. The van der Waals surface area contributed by atoms with Gasteiger partial charge in [0.1, 0.15) is 11.6 Å². The highest BCUT2D eigenvalue weighted by atomic mass is 19.4. The zero-order valence-corrected chi connectivity index (χ0v) is 19.1. The summed E-state index contributed by atoms with van der Waals surface area (Å²) in [7, 11) is 1.26. The van der Waals surface area contributed by atoms with Crippen LogP contribution in [-0.4, -0.2) is 53.5 Å². The number of benzene rings is 2. The Hall–Kier alpha value is -3.46. The maximum atomic E-state index is 13.5. The molecule has 1 aliphatic heterocycles. The third-order valence-corrected chi connectivity index (χ3v) is 6.06. The Kier molecular flexibility index (Phi) is 7.35. The van der Waals surface area contributed by atoms with Crippen LogP contribution >= 0.6 is 0 Å². The minimum atomic E-state index is -4.61. The van der Waals surface area contributed by atoms with Crippen LogP contribution in [0.25, 0.3) is 0 Å². The Morgan fingerprint density at radius 2 is 1.86 bits per heavy atom. The summed E-state index contributed by atoms with van der Waals surface area (Å²) in [6.07, 6.45) is -0.701. The number of nitrogens with zero attached hydrogens (tertiary/aromatic N) is 3. The molecule has 0 saturated carbocycles. The van der Waals surface area contributed by atoms with Gasteiger partial charge in [-0.25, -0.2) is 4.39 Å². The first-order valence-corrected chi connectivity index (χ1v) is 11.2. The van der Waals surface area contributed by atoms with Crippen molar-refractivity contribution in [1.29, 1.82) is 0 Å². The van der Waals surface area contributed by atoms with Crippen molar-refractivity contribution in [1.82, 2.24) is 14.8 Å². The van der Waals surface area contributed by atoms with E-state index in [2.05, 4.69) is 9.88 Å². The van der Waals surface area contributed by atoms with E-state index in [0.29, 0.717) is 32.6 Å². The Balaban J connectivity index is 1.61.